The van der Waals surface area contributed by atoms with Gasteiger partial charge in [-0.1, -0.05) is 11.6 Å². The summed E-state index contributed by atoms with van der Waals surface area (Å²) in [7, 11) is 0. The van der Waals surface area contributed by atoms with Crippen molar-refractivity contribution in [3.05, 3.63) is 88.6 Å². The Morgan fingerprint density at radius 2 is 1.92 bits per heavy atom. The van der Waals surface area contributed by atoms with Crippen molar-refractivity contribution in [2.75, 3.05) is 11.5 Å². The molecule has 1 amide bonds. The van der Waals surface area contributed by atoms with Crippen LogP contribution in [-0.2, 0) is 16.1 Å². The van der Waals surface area contributed by atoms with Crippen molar-refractivity contribution >= 4 is 34.3 Å². The van der Waals surface area contributed by atoms with E-state index < -0.39 is 11.6 Å². The molecule has 0 aliphatic carbocycles. The number of rotatable bonds is 8. The van der Waals surface area contributed by atoms with E-state index in [2.05, 4.69) is 20.3 Å². The smallest absolute Gasteiger partial charge is 0.220 e. The number of carbonyl (C=O) groups excluding carboxylic acids is 1. The Morgan fingerprint density at radius 1 is 1.15 bits per heavy atom. The molecule has 0 radical (unpaired) electrons. The number of carbonyl (C=O) groups is 1. The highest BCUT2D eigenvalue weighted by Gasteiger charge is 2.20. The lowest BCUT2D eigenvalue weighted by Gasteiger charge is -2.20. The number of hydrogen-bond donors (Lipinski definition) is 1. The zero-order valence-corrected chi connectivity index (χ0v) is 23.4. The number of thioether (sulfide) groups is 1. The monoisotopic (exact) mass is 571 g/mol. The van der Waals surface area contributed by atoms with E-state index in [1.807, 2.05) is 24.8 Å². The molecule has 204 valence electrons. The Kier molecular flexibility index (Phi) is 9.63. The summed E-state index contributed by atoms with van der Waals surface area (Å²) in [6.07, 6.45) is 7.96. The van der Waals surface area contributed by atoms with Gasteiger partial charge in [-0.3, -0.25) is 14.8 Å². The van der Waals surface area contributed by atoms with Crippen LogP contribution in [0.1, 0.15) is 55.3 Å². The largest absolute Gasteiger partial charge is 0.486 e. The molecule has 1 N–H and O–H groups in total. The van der Waals surface area contributed by atoms with Crippen LogP contribution in [0.15, 0.2) is 54.3 Å². The van der Waals surface area contributed by atoms with Gasteiger partial charge in [0.05, 0.1) is 22.6 Å². The molecule has 7 nitrogen and oxygen atoms in total. The number of nitrogens with zero attached hydrogens (tertiary/aromatic N) is 4. The lowest BCUT2D eigenvalue weighted by molar-refractivity contribution is -0.118. The minimum Gasteiger partial charge on any atom is -0.486 e. The zero-order chi connectivity index (χ0) is 27.9. The van der Waals surface area contributed by atoms with Crippen molar-refractivity contribution in [1.82, 2.24) is 25.3 Å². The molecule has 3 aromatic heterocycles. The summed E-state index contributed by atoms with van der Waals surface area (Å²) in [5.74, 6) is 1.58. The molecule has 1 saturated heterocycles. The summed E-state index contributed by atoms with van der Waals surface area (Å²) in [6.45, 7) is 4.58. The lowest BCUT2D eigenvalue weighted by Crippen LogP contribution is -2.17. The first-order valence-electron chi connectivity index (χ1n) is 12.4. The van der Waals surface area contributed by atoms with E-state index in [0.717, 1.165) is 48.0 Å². The van der Waals surface area contributed by atoms with Gasteiger partial charge in [0.2, 0.25) is 5.91 Å². The number of allylic oxidation sites excluding steroid dienone is 2. The predicted octanol–water partition coefficient (Wildman–Crippen LogP) is 6.29. The van der Waals surface area contributed by atoms with E-state index in [9.17, 15) is 13.6 Å². The SMILES string of the molecule is CC(=O)N/C(C)=C\C(OCc1ncc(F)cc1F)=C(\Cl)c1cc(-c2ccnc(C3CCSCC3)n2)ncc1C. The van der Waals surface area contributed by atoms with Crippen LogP contribution in [0, 0.1) is 18.6 Å². The highest BCUT2D eigenvalue weighted by molar-refractivity contribution is 7.99. The van der Waals surface area contributed by atoms with Gasteiger partial charge in [-0.05, 0) is 55.9 Å². The number of nitrogens with one attached hydrogen (secondary N) is 1. The maximum Gasteiger partial charge on any atom is 0.220 e. The van der Waals surface area contributed by atoms with Crippen LogP contribution in [0.2, 0.25) is 0 Å². The van der Waals surface area contributed by atoms with E-state index >= 15 is 0 Å². The van der Waals surface area contributed by atoms with Gasteiger partial charge < -0.3 is 10.1 Å². The van der Waals surface area contributed by atoms with Gasteiger partial charge in [-0.2, -0.15) is 11.8 Å². The van der Waals surface area contributed by atoms with E-state index in [1.165, 1.54) is 13.0 Å². The standard InChI is InChI=1S/C28H28ClF2N5O2S/c1-16-13-33-24(23-4-7-32-28(36-23)19-5-8-39-9-6-19)12-21(16)27(29)26(10-17(2)35-18(3)37)38-15-25-22(31)11-20(30)14-34-25/h4,7,10-14,19H,5-6,8-9,15H2,1-3H3,(H,35,37)/b17-10-,27-26-. The summed E-state index contributed by atoms with van der Waals surface area (Å²) >= 11 is 8.81. The number of hydrogen-bond acceptors (Lipinski definition) is 7. The summed E-state index contributed by atoms with van der Waals surface area (Å²) in [4.78, 5) is 29.2. The second-order valence-corrected chi connectivity index (χ2v) is 10.7. The van der Waals surface area contributed by atoms with Crippen LogP contribution in [0.3, 0.4) is 0 Å². The average molecular weight is 572 g/mol. The Bertz CT molecular complexity index is 1430. The topological polar surface area (TPSA) is 89.9 Å². The molecule has 0 unspecified atom stereocenters. The fraction of sp³-hybridized carbons (Fsp3) is 0.321. The Hall–Kier alpha value is -3.37. The third-order valence-electron chi connectivity index (χ3n) is 6.05. The van der Waals surface area contributed by atoms with Crippen molar-refractivity contribution in [3.63, 3.8) is 0 Å². The van der Waals surface area contributed by atoms with Gasteiger partial charge >= 0.3 is 0 Å². The molecular weight excluding hydrogens is 544 g/mol. The normalized spacial score (nSPS) is 15.1. The fourth-order valence-electron chi connectivity index (χ4n) is 4.08. The molecule has 0 atom stereocenters. The van der Waals surface area contributed by atoms with Crippen molar-refractivity contribution < 1.29 is 18.3 Å². The number of pyridine rings is 2. The molecule has 0 saturated carbocycles. The van der Waals surface area contributed by atoms with Crippen molar-refractivity contribution in [2.45, 2.75) is 46.1 Å². The highest BCUT2D eigenvalue weighted by atomic mass is 35.5. The lowest BCUT2D eigenvalue weighted by atomic mass is 10.0. The quantitative estimate of drug-likeness (QED) is 0.251. The fourth-order valence-corrected chi connectivity index (χ4v) is 5.50. The predicted molar refractivity (Wildman–Crippen MR) is 149 cm³/mol. The second kappa shape index (κ2) is 13.1. The number of ether oxygens (including phenoxy) is 1. The Balaban J connectivity index is 1.71. The van der Waals surface area contributed by atoms with Crippen molar-refractivity contribution in [3.8, 4) is 11.4 Å². The first kappa shape index (κ1) is 28.6. The first-order valence-corrected chi connectivity index (χ1v) is 13.9. The Morgan fingerprint density at radius 3 is 2.64 bits per heavy atom. The second-order valence-electron chi connectivity index (χ2n) is 9.13. The van der Waals surface area contributed by atoms with E-state index in [-0.39, 0.29) is 29.0 Å². The van der Waals surface area contributed by atoms with Crippen LogP contribution >= 0.6 is 23.4 Å². The molecule has 1 fully saturated rings. The molecule has 39 heavy (non-hydrogen) atoms. The van der Waals surface area contributed by atoms with Gasteiger partial charge in [0, 0.05) is 48.6 Å². The first-order chi connectivity index (χ1) is 18.7. The van der Waals surface area contributed by atoms with Gasteiger partial charge in [-0.25, -0.2) is 18.7 Å². The summed E-state index contributed by atoms with van der Waals surface area (Å²) < 4.78 is 33.4. The summed E-state index contributed by atoms with van der Waals surface area (Å²) in [6, 6.07) is 4.35. The molecule has 1 aliphatic rings. The summed E-state index contributed by atoms with van der Waals surface area (Å²) in [5.41, 5.74) is 3.03. The van der Waals surface area contributed by atoms with Gasteiger partial charge in [0.15, 0.2) is 5.82 Å². The van der Waals surface area contributed by atoms with Crippen molar-refractivity contribution in [2.24, 2.45) is 0 Å². The molecule has 4 heterocycles. The summed E-state index contributed by atoms with van der Waals surface area (Å²) in [5, 5.41) is 2.88. The molecular formula is C28H28ClF2N5O2S. The van der Waals surface area contributed by atoms with Gasteiger partial charge in [-0.15, -0.1) is 0 Å². The number of amides is 1. The van der Waals surface area contributed by atoms with Crippen LogP contribution in [0.4, 0.5) is 8.78 Å². The minimum absolute atomic E-state index is 0.0919. The molecule has 0 spiro atoms. The van der Waals surface area contributed by atoms with E-state index in [1.54, 1.807) is 25.4 Å². The molecule has 0 aromatic carbocycles. The third kappa shape index (κ3) is 7.60. The van der Waals surface area contributed by atoms with Crippen LogP contribution in [0.5, 0.6) is 0 Å². The molecule has 4 rings (SSSR count). The molecule has 0 bridgehead atoms. The highest BCUT2D eigenvalue weighted by Crippen LogP contribution is 2.33. The maximum atomic E-state index is 14.2. The maximum absolute atomic E-state index is 14.2. The minimum atomic E-state index is -0.841. The molecule has 1 aliphatic heterocycles. The van der Waals surface area contributed by atoms with E-state index in [4.69, 9.17) is 21.3 Å². The average Bonchev–Trinajstić information content (AvgIpc) is 2.92. The molecule has 11 heteroatoms. The van der Waals surface area contributed by atoms with Crippen molar-refractivity contribution in [1.29, 1.82) is 0 Å². The van der Waals surface area contributed by atoms with Gasteiger partial charge in [0.1, 0.15) is 29.7 Å². The number of halogens is 3. The van der Waals surface area contributed by atoms with E-state index in [0.29, 0.717) is 28.6 Å². The third-order valence-corrected chi connectivity index (χ3v) is 7.49. The number of aryl methyl sites for hydroxylation is 1. The zero-order valence-electron chi connectivity index (χ0n) is 21.8. The number of aromatic nitrogens is 4. The molecule has 3 aromatic rings. The van der Waals surface area contributed by atoms with Gasteiger partial charge in [0.25, 0.3) is 0 Å². The van der Waals surface area contributed by atoms with Crippen LogP contribution < -0.4 is 5.32 Å². The van der Waals surface area contributed by atoms with Crippen LogP contribution in [-0.4, -0.2) is 37.3 Å². The Labute approximate surface area is 235 Å². The van der Waals surface area contributed by atoms with Crippen LogP contribution in [0.25, 0.3) is 16.4 Å².